The minimum absolute atomic E-state index is 0.105. The van der Waals surface area contributed by atoms with Crippen molar-refractivity contribution in [3.63, 3.8) is 0 Å². The monoisotopic (exact) mass is 355 g/mol. The molecule has 0 aliphatic heterocycles. The molecule has 3 rings (SSSR count). The number of amides is 2. The van der Waals surface area contributed by atoms with Gasteiger partial charge in [-0.1, -0.05) is 18.2 Å². The zero-order valence-corrected chi connectivity index (χ0v) is 14.2. The minimum atomic E-state index is -0.551. The van der Waals surface area contributed by atoms with Crippen molar-refractivity contribution < 1.29 is 14.3 Å². The van der Waals surface area contributed by atoms with Gasteiger partial charge in [-0.05, 0) is 24.3 Å². The van der Waals surface area contributed by atoms with Crippen molar-refractivity contribution in [2.24, 2.45) is 5.73 Å². The van der Waals surface area contributed by atoms with Gasteiger partial charge in [0.2, 0.25) is 5.91 Å². The number of fused-ring (bicyclic) bond motifs is 1. The van der Waals surface area contributed by atoms with Crippen molar-refractivity contribution in [3.05, 3.63) is 53.5 Å². The van der Waals surface area contributed by atoms with E-state index in [-0.39, 0.29) is 12.5 Å². The van der Waals surface area contributed by atoms with Crippen molar-refractivity contribution in [3.8, 4) is 5.75 Å². The number of thiazole rings is 1. The number of nitrogens with two attached hydrogens (primary N) is 1. The van der Waals surface area contributed by atoms with E-state index in [0.29, 0.717) is 24.3 Å². The number of anilines is 1. The Morgan fingerprint density at radius 2 is 2.00 bits per heavy atom. The van der Waals surface area contributed by atoms with Crippen LogP contribution in [0, 0.1) is 0 Å². The van der Waals surface area contributed by atoms with Crippen LogP contribution in [0.3, 0.4) is 0 Å². The summed E-state index contributed by atoms with van der Waals surface area (Å²) in [6.45, 7) is -0.199. The van der Waals surface area contributed by atoms with Crippen LogP contribution >= 0.6 is 11.3 Å². The lowest BCUT2D eigenvalue weighted by atomic mass is 10.2. The molecular formula is C18H17N3O3S. The van der Waals surface area contributed by atoms with Gasteiger partial charge in [-0.15, -0.1) is 11.3 Å². The molecule has 0 fully saturated rings. The van der Waals surface area contributed by atoms with Crippen molar-refractivity contribution >= 4 is 39.1 Å². The summed E-state index contributed by atoms with van der Waals surface area (Å²) in [6.07, 6.45) is 0.926. The van der Waals surface area contributed by atoms with E-state index in [9.17, 15) is 9.59 Å². The lowest BCUT2D eigenvalue weighted by molar-refractivity contribution is -0.120. The molecule has 3 N–H and O–H groups in total. The van der Waals surface area contributed by atoms with Gasteiger partial charge >= 0.3 is 0 Å². The van der Waals surface area contributed by atoms with Gasteiger partial charge in [0.05, 0.1) is 15.2 Å². The predicted molar refractivity (Wildman–Crippen MR) is 97.7 cm³/mol. The van der Waals surface area contributed by atoms with E-state index < -0.39 is 5.91 Å². The number of nitrogens with one attached hydrogen (secondary N) is 1. The first-order valence-corrected chi connectivity index (χ1v) is 8.57. The van der Waals surface area contributed by atoms with Crippen LogP contribution in [-0.2, 0) is 16.0 Å². The third-order valence-corrected chi connectivity index (χ3v) is 4.50. The maximum absolute atomic E-state index is 12.1. The maximum Gasteiger partial charge on any atom is 0.255 e. The molecule has 0 aliphatic rings. The first-order chi connectivity index (χ1) is 12.1. The Labute approximate surface area is 148 Å². The highest BCUT2D eigenvalue weighted by molar-refractivity contribution is 7.18. The number of hydrogen-bond acceptors (Lipinski definition) is 5. The topological polar surface area (TPSA) is 94.3 Å². The highest BCUT2D eigenvalue weighted by Crippen LogP contribution is 2.23. The maximum atomic E-state index is 12.1. The molecule has 0 bridgehead atoms. The number of carbonyl (C=O) groups excluding carboxylic acids is 2. The summed E-state index contributed by atoms with van der Waals surface area (Å²) in [5.41, 5.74) is 6.61. The third kappa shape index (κ3) is 4.77. The Balaban J connectivity index is 1.55. The first-order valence-electron chi connectivity index (χ1n) is 7.75. The third-order valence-electron chi connectivity index (χ3n) is 3.40. The summed E-state index contributed by atoms with van der Waals surface area (Å²) in [6, 6.07) is 14.8. The molecule has 0 aliphatic carbocycles. The van der Waals surface area contributed by atoms with E-state index in [0.717, 1.165) is 15.2 Å². The van der Waals surface area contributed by atoms with Crippen LogP contribution in [-0.4, -0.2) is 23.4 Å². The summed E-state index contributed by atoms with van der Waals surface area (Å²) < 4.78 is 6.34. The van der Waals surface area contributed by atoms with Crippen LogP contribution in [0.25, 0.3) is 10.2 Å². The number of ether oxygens (including phenoxy) is 1. The van der Waals surface area contributed by atoms with E-state index in [2.05, 4.69) is 10.3 Å². The zero-order chi connectivity index (χ0) is 17.6. The average Bonchev–Trinajstić information content (AvgIpc) is 3.01. The van der Waals surface area contributed by atoms with Crippen molar-refractivity contribution in [1.29, 1.82) is 0 Å². The molecule has 7 heteroatoms. The number of hydrogen-bond donors (Lipinski definition) is 2. The fourth-order valence-electron chi connectivity index (χ4n) is 2.29. The number of para-hydroxylation sites is 1. The largest absolute Gasteiger partial charge is 0.484 e. The fourth-order valence-corrected chi connectivity index (χ4v) is 3.26. The highest BCUT2D eigenvalue weighted by atomic mass is 32.1. The van der Waals surface area contributed by atoms with Gasteiger partial charge in [-0.25, -0.2) is 4.98 Å². The number of aromatic nitrogens is 1. The summed E-state index contributed by atoms with van der Waals surface area (Å²) in [5, 5.41) is 3.76. The second-order valence-electron chi connectivity index (χ2n) is 5.41. The molecule has 0 atom stereocenters. The molecular weight excluding hydrogens is 338 g/mol. The van der Waals surface area contributed by atoms with Gasteiger partial charge in [0.15, 0.2) is 6.61 Å². The van der Waals surface area contributed by atoms with Gasteiger partial charge in [-0.3, -0.25) is 9.59 Å². The number of carbonyl (C=O) groups is 2. The molecule has 0 unspecified atom stereocenters. The Morgan fingerprint density at radius 3 is 2.80 bits per heavy atom. The molecule has 1 aromatic heterocycles. The van der Waals surface area contributed by atoms with Crippen molar-refractivity contribution in [2.45, 2.75) is 12.8 Å². The quantitative estimate of drug-likeness (QED) is 0.681. The molecule has 2 amide bonds. The molecule has 1 heterocycles. The lowest BCUT2D eigenvalue weighted by Crippen LogP contribution is -2.20. The van der Waals surface area contributed by atoms with E-state index in [1.165, 1.54) is 0 Å². The zero-order valence-electron chi connectivity index (χ0n) is 13.4. The van der Waals surface area contributed by atoms with Crippen LogP contribution in [0.1, 0.15) is 11.4 Å². The van der Waals surface area contributed by atoms with Crippen molar-refractivity contribution in [2.75, 3.05) is 11.9 Å². The molecule has 6 nitrogen and oxygen atoms in total. The molecule has 0 saturated carbocycles. The number of aryl methyl sites for hydroxylation is 1. The standard InChI is InChI=1S/C18H17N3O3S/c19-16(22)11-24-13-5-3-4-12(10-13)20-17(23)8-9-18-21-14-6-1-2-7-15(14)25-18/h1-7,10H,8-9,11H2,(H2,19,22)(H,20,23). The molecule has 25 heavy (non-hydrogen) atoms. The summed E-state index contributed by atoms with van der Waals surface area (Å²) >= 11 is 1.60. The molecule has 0 spiro atoms. The smallest absolute Gasteiger partial charge is 0.255 e. The van der Waals surface area contributed by atoms with E-state index in [1.807, 2.05) is 24.3 Å². The van der Waals surface area contributed by atoms with Gasteiger partial charge in [0, 0.05) is 24.6 Å². The summed E-state index contributed by atoms with van der Waals surface area (Å²) in [7, 11) is 0. The number of primary amides is 1. The van der Waals surface area contributed by atoms with E-state index >= 15 is 0 Å². The molecule has 0 radical (unpaired) electrons. The second-order valence-corrected chi connectivity index (χ2v) is 6.52. The molecule has 0 saturated heterocycles. The van der Waals surface area contributed by atoms with Gasteiger partial charge < -0.3 is 15.8 Å². The second kappa shape index (κ2) is 7.76. The molecule has 2 aromatic carbocycles. The van der Waals surface area contributed by atoms with Gasteiger partial charge in [0.25, 0.3) is 5.91 Å². The molecule has 3 aromatic rings. The first kappa shape index (κ1) is 16.9. The number of nitrogens with zero attached hydrogens (tertiary/aromatic N) is 1. The van der Waals surface area contributed by atoms with Crippen molar-refractivity contribution in [1.82, 2.24) is 4.98 Å². The van der Waals surface area contributed by atoms with Crippen LogP contribution in [0.5, 0.6) is 5.75 Å². The van der Waals surface area contributed by atoms with Crippen LogP contribution in [0.2, 0.25) is 0 Å². The molecule has 128 valence electrons. The van der Waals surface area contributed by atoms with E-state index in [1.54, 1.807) is 35.6 Å². The van der Waals surface area contributed by atoms with Crippen LogP contribution in [0.15, 0.2) is 48.5 Å². The SMILES string of the molecule is NC(=O)COc1cccc(NC(=O)CCc2nc3ccccc3s2)c1. The predicted octanol–water partition coefficient (Wildman–Crippen LogP) is 2.73. The minimum Gasteiger partial charge on any atom is -0.484 e. The Bertz CT molecular complexity index is 874. The lowest BCUT2D eigenvalue weighted by Gasteiger charge is -2.08. The summed E-state index contributed by atoms with van der Waals surface area (Å²) in [5.74, 6) is -0.181. The Kier molecular flexibility index (Phi) is 5.25. The average molecular weight is 355 g/mol. The highest BCUT2D eigenvalue weighted by Gasteiger charge is 2.08. The Morgan fingerprint density at radius 1 is 1.16 bits per heavy atom. The number of rotatable bonds is 7. The Hall–Kier alpha value is -2.93. The number of benzene rings is 2. The van der Waals surface area contributed by atoms with Crippen LogP contribution < -0.4 is 15.8 Å². The van der Waals surface area contributed by atoms with Gasteiger partial charge in [0.1, 0.15) is 5.75 Å². The van der Waals surface area contributed by atoms with Gasteiger partial charge in [-0.2, -0.15) is 0 Å². The van der Waals surface area contributed by atoms with Crippen LogP contribution in [0.4, 0.5) is 5.69 Å². The normalized spacial score (nSPS) is 10.6. The summed E-state index contributed by atoms with van der Waals surface area (Å²) in [4.78, 5) is 27.4. The van der Waals surface area contributed by atoms with E-state index in [4.69, 9.17) is 10.5 Å². The fraction of sp³-hybridized carbons (Fsp3) is 0.167.